The SMILES string of the molecule is CCCN1CCC(NC(=O)CC(C)CC(=O)O)CC1. The van der Waals surface area contributed by atoms with E-state index < -0.39 is 5.97 Å². The second-order valence-corrected chi connectivity index (χ2v) is 5.59. The van der Waals surface area contributed by atoms with E-state index in [1.54, 1.807) is 6.92 Å². The number of carboxylic acid groups (broad SMARTS) is 1. The molecule has 1 aliphatic rings. The minimum atomic E-state index is -0.840. The average molecular weight is 270 g/mol. The summed E-state index contributed by atoms with van der Waals surface area (Å²) >= 11 is 0. The van der Waals surface area contributed by atoms with Gasteiger partial charge in [-0.2, -0.15) is 0 Å². The molecule has 2 N–H and O–H groups in total. The Bertz CT molecular complexity index is 299. The van der Waals surface area contributed by atoms with E-state index in [2.05, 4.69) is 17.1 Å². The van der Waals surface area contributed by atoms with Crippen LogP contribution in [-0.2, 0) is 9.59 Å². The van der Waals surface area contributed by atoms with Crippen molar-refractivity contribution in [1.29, 1.82) is 0 Å². The fraction of sp³-hybridized carbons (Fsp3) is 0.857. The first-order valence-corrected chi connectivity index (χ1v) is 7.24. The summed E-state index contributed by atoms with van der Waals surface area (Å²) in [5.74, 6) is -0.950. The van der Waals surface area contributed by atoms with Crippen LogP contribution in [0.3, 0.4) is 0 Å². The zero-order valence-electron chi connectivity index (χ0n) is 12.0. The number of carbonyl (C=O) groups is 2. The molecule has 1 unspecified atom stereocenters. The zero-order chi connectivity index (χ0) is 14.3. The van der Waals surface area contributed by atoms with Gasteiger partial charge in [-0.25, -0.2) is 0 Å². The van der Waals surface area contributed by atoms with Gasteiger partial charge in [-0.1, -0.05) is 13.8 Å². The number of likely N-dealkylation sites (tertiary alicyclic amines) is 1. The number of piperidine rings is 1. The lowest BCUT2D eigenvalue weighted by Crippen LogP contribution is -2.45. The molecule has 1 heterocycles. The quantitative estimate of drug-likeness (QED) is 0.735. The van der Waals surface area contributed by atoms with Crippen molar-refractivity contribution in [3.05, 3.63) is 0 Å². The van der Waals surface area contributed by atoms with Gasteiger partial charge < -0.3 is 15.3 Å². The van der Waals surface area contributed by atoms with E-state index in [-0.39, 0.29) is 24.3 Å². The molecular weight excluding hydrogens is 244 g/mol. The minimum Gasteiger partial charge on any atom is -0.481 e. The highest BCUT2D eigenvalue weighted by Crippen LogP contribution is 2.12. The third-order valence-electron chi connectivity index (χ3n) is 3.55. The van der Waals surface area contributed by atoms with Crippen molar-refractivity contribution in [3.63, 3.8) is 0 Å². The van der Waals surface area contributed by atoms with E-state index in [9.17, 15) is 9.59 Å². The molecule has 0 radical (unpaired) electrons. The Labute approximate surface area is 115 Å². The Morgan fingerprint density at radius 3 is 2.47 bits per heavy atom. The Morgan fingerprint density at radius 1 is 1.32 bits per heavy atom. The van der Waals surface area contributed by atoms with E-state index in [1.807, 2.05) is 0 Å². The first-order valence-electron chi connectivity index (χ1n) is 7.24. The fourth-order valence-corrected chi connectivity index (χ4v) is 2.59. The molecule has 19 heavy (non-hydrogen) atoms. The van der Waals surface area contributed by atoms with E-state index in [1.165, 1.54) is 6.42 Å². The van der Waals surface area contributed by atoms with E-state index >= 15 is 0 Å². The molecular formula is C14H26N2O3. The normalized spacial score (nSPS) is 19.1. The van der Waals surface area contributed by atoms with Crippen LogP contribution in [0.5, 0.6) is 0 Å². The summed E-state index contributed by atoms with van der Waals surface area (Å²) in [5.41, 5.74) is 0. The third-order valence-corrected chi connectivity index (χ3v) is 3.55. The molecule has 1 atom stereocenters. The molecule has 1 amide bonds. The Balaban J connectivity index is 2.21. The van der Waals surface area contributed by atoms with Gasteiger partial charge in [-0.05, 0) is 31.7 Å². The number of amides is 1. The van der Waals surface area contributed by atoms with Gasteiger partial charge in [0.2, 0.25) is 5.91 Å². The average Bonchev–Trinajstić information content (AvgIpc) is 2.30. The van der Waals surface area contributed by atoms with Crippen molar-refractivity contribution >= 4 is 11.9 Å². The maximum atomic E-state index is 11.8. The largest absolute Gasteiger partial charge is 0.481 e. The van der Waals surface area contributed by atoms with Crippen LogP contribution in [0.4, 0.5) is 0 Å². The molecule has 0 bridgehead atoms. The summed E-state index contributed by atoms with van der Waals surface area (Å²) < 4.78 is 0. The summed E-state index contributed by atoms with van der Waals surface area (Å²) in [6, 6.07) is 0.262. The summed E-state index contributed by atoms with van der Waals surface area (Å²) in [4.78, 5) is 24.8. The molecule has 0 aromatic carbocycles. The van der Waals surface area contributed by atoms with Crippen LogP contribution in [-0.4, -0.2) is 47.6 Å². The molecule has 0 saturated carbocycles. The lowest BCUT2D eigenvalue weighted by Gasteiger charge is -2.32. The highest BCUT2D eigenvalue weighted by atomic mass is 16.4. The highest BCUT2D eigenvalue weighted by Gasteiger charge is 2.21. The monoisotopic (exact) mass is 270 g/mol. The predicted molar refractivity (Wildman–Crippen MR) is 73.9 cm³/mol. The molecule has 0 aromatic heterocycles. The van der Waals surface area contributed by atoms with Gasteiger partial charge in [0, 0.05) is 32.0 Å². The number of nitrogens with one attached hydrogen (secondary N) is 1. The number of carbonyl (C=O) groups excluding carboxylic acids is 1. The summed E-state index contributed by atoms with van der Waals surface area (Å²) in [6.45, 7) is 7.21. The number of aliphatic carboxylic acids is 1. The topological polar surface area (TPSA) is 69.6 Å². The summed E-state index contributed by atoms with van der Waals surface area (Å²) in [5, 5.41) is 11.7. The molecule has 0 spiro atoms. The Hall–Kier alpha value is -1.10. The number of hydrogen-bond acceptors (Lipinski definition) is 3. The molecule has 5 heteroatoms. The lowest BCUT2D eigenvalue weighted by molar-refractivity contribution is -0.138. The van der Waals surface area contributed by atoms with E-state index in [0.717, 1.165) is 32.5 Å². The first kappa shape index (κ1) is 16.0. The predicted octanol–water partition coefficient (Wildman–Crippen LogP) is 1.48. The van der Waals surface area contributed by atoms with Crippen molar-refractivity contribution in [1.82, 2.24) is 10.2 Å². The van der Waals surface area contributed by atoms with Gasteiger partial charge in [0.05, 0.1) is 0 Å². The molecule has 1 aliphatic heterocycles. The standard InChI is InChI=1S/C14H26N2O3/c1-3-6-16-7-4-12(5-8-16)15-13(17)9-11(2)10-14(18)19/h11-12H,3-10H2,1-2H3,(H,15,17)(H,18,19). The smallest absolute Gasteiger partial charge is 0.303 e. The van der Waals surface area contributed by atoms with Crippen LogP contribution < -0.4 is 5.32 Å². The molecule has 1 fully saturated rings. The van der Waals surface area contributed by atoms with Gasteiger partial charge in [0.1, 0.15) is 0 Å². The van der Waals surface area contributed by atoms with E-state index in [0.29, 0.717) is 6.42 Å². The van der Waals surface area contributed by atoms with Gasteiger partial charge >= 0.3 is 5.97 Å². The fourth-order valence-electron chi connectivity index (χ4n) is 2.59. The van der Waals surface area contributed by atoms with Crippen molar-refractivity contribution in [2.75, 3.05) is 19.6 Å². The highest BCUT2D eigenvalue weighted by molar-refractivity contribution is 5.77. The van der Waals surface area contributed by atoms with Gasteiger partial charge in [-0.15, -0.1) is 0 Å². The maximum absolute atomic E-state index is 11.8. The lowest BCUT2D eigenvalue weighted by atomic mass is 10.0. The molecule has 110 valence electrons. The molecule has 1 rings (SSSR count). The zero-order valence-corrected chi connectivity index (χ0v) is 12.0. The van der Waals surface area contributed by atoms with Crippen LogP contribution in [0.1, 0.15) is 46.0 Å². The first-order chi connectivity index (χ1) is 9.01. The molecule has 0 aromatic rings. The van der Waals surface area contributed by atoms with Crippen molar-refractivity contribution in [2.24, 2.45) is 5.92 Å². The van der Waals surface area contributed by atoms with E-state index in [4.69, 9.17) is 5.11 Å². The van der Waals surface area contributed by atoms with Crippen LogP contribution in [0.15, 0.2) is 0 Å². The summed E-state index contributed by atoms with van der Waals surface area (Å²) in [6.07, 6.45) is 3.53. The molecule has 0 aliphatic carbocycles. The number of rotatable bonds is 7. The second-order valence-electron chi connectivity index (χ2n) is 5.59. The Morgan fingerprint density at radius 2 is 1.95 bits per heavy atom. The number of carboxylic acids is 1. The van der Waals surface area contributed by atoms with Crippen molar-refractivity contribution in [2.45, 2.75) is 52.0 Å². The number of nitrogens with zero attached hydrogens (tertiary/aromatic N) is 1. The van der Waals surface area contributed by atoms with Gasteiger partial charge in [-0.3, -0.25) is 9.59 Å². The number of hydrogen-bond donors (Lipinski definition) is 2. The van der Waals surface area contributed by atoms with Gasteiger partial charge in [0.15, 0.2) is 0 Å². The van der Waals surface area contributed by atoms with Gasteiger partial charge in [0.25, 0.3) is 0 Å². The van der Waals surface area contributed by atoms with Crippen molar-refractivity contribution in [3.8, 4) is 0 Å². The molecule has 5 nitrogen and oxygen atoms in total. The van der Waals surface area contributed by atoms with Crippen LogP contribution in [0, 0.1) is 5.92 Å². The van der Waals surface area contributed by atoms with Crippen molar-refractivity contribution < 1.29 is 14.7 Å². The van der Waals surface area contributed by atoms with Crippen LogP contribution in [0.25, 0.3) is 0 Å². The minimum absolute atomic E-state index is 0.0114. The summed E-state index contributed by atoms with van der Waals surface area (Å²) in [7, 11) is 0. The maximum Gasteiger partial charge on any atom is 0.303 e. The molecule has 1 saturated heterocycles. The van der Waals surface area contributed by atoms with Crippen LogP contribution in [0.2, 0.25) is 0 Å². The second kappa shape index (κ2) is 8.15. The third kappa shape index (κ3) is 6.57. The van der Waals surface area contributed by atoms with Crippen LogP contribution >= 0.6 is 0 Å². The Kier molecular flexibility index (Phi) is 6.84.